The van der Waals surface area contributed by atoms with Crippen molar-refractivity contribution in [2.45, 2.75) is 63.6 Å². The van der Waals surface area contributed by atoms with E-state index in [-0.39, 0.29) is 17.3 Å². The van der Waals surface area contributed by atoms with Gasteiger partial charge in [-0.2, -0.15) is 0 Å². The highest BCUT2D eigenvalue weighted by atomic mass is 16.7. The molecule has 1 atom stereocenters. The van der Waals surface area contributed by atoms with Gasteiger partial charge in [-0.15, -0.1) is 0 Å². The minimum Gasteiger partial charge on any atom is -0.478 e. The Morgan fingerprint density at radius 2 is 1.59 bits per heavy atom. The number of carboxylic acids is 1. The Morgan fingerprint density at radius 1 is 1.00 bits per heavy atom. The van der Waals surface area contributed by atoms with Gasteiger partial charge in [-0.25, -0.2) is 4.79 Å². The summed E-state index contributed by atoms with van der Waals surface area (Å²) in [7, 11) is 1.72. The Hall–Kier alpha value is -2.61. The Morgan fingerprint density at radius 3 is 2.15 bits per heavy atom. The van der Waals surface area contributed by atoms with Crippen molar-refractivity contribution in [3.8, 4) is 11.8 Å². The molecule has 4 nitrogen and oxygen atoms in total. The van der Waals surface area contributed by atoms with E-state index in [1.165, 1.54) is 49.7 Å². The molecule has 1 unspecified atom stereocenters. The molecular weight excluding hydrogens is 424 g/mol. The van der Waals surface area contributed by atoms with Crippen LogP contribution in [0.4, 0.5) is 0 Å². The molecule has 4 fully saturated rings. The summed E-state index contributed by atoms with van der Waals surface area (Å²) < 4.78 is 11.5. The van der Waals surface area contributed by atoms with Crippen molar-refractivity contribution in [1.29, 1.82) is 0 Å². The highest BCUT2D eigenvalue weighted by Crippen LogP contribution is 2.61. The maximum atomic E-state index is 11.1. The lowest BCUT2D eigenvalue weighted by molar-refractivity contribution is -0.118. The normalized spacial score (nSPS) is 27.8. The third-order valence-electron chi connectivity index (χ3n) is 8.20. The van der Waals surface area contributed by atoms with Gasteiger partial charge < -0.3 is 14.6 Å². The lowest BCUT2D eigenvalue weighted by Gasteiger charge is -2.57. The smallest absolute Gasteiger partial charge is 0.335 e. The van der Waals surface area contributed by atoms with Gasteiger partial charge in [0.25, 0.3) is 0 Å². The second-order valence-corrected chi connectivity index (χ2v) is 10.5. The second-order valence-electron chi connectivity index (χ2n) is 10.5. The predicted molar refractivity (Wildman–Crippen MR) is 132 cm³/mol. The summed E-state index contributed by atoms with van der Waals surface area (Å²) in [5, 5.41) is 9.12. The van der Waals surface area contributed by atoms with Gasteiger partial charge in [-0.05, 0) is 116 Å². The van der Waals surface area contributed by atoms with Crippen molar-refractivity contribution in [1.82, 2.24) is 0 Å². The number of methoxy groups -OCH3 is 1. The SMILES string of the molecule is CCOC(Cc1ccc(C#Cc2ccc(C(=O)O)cc2)cc1C12CC3CC(CC(C3)C1)C2)OC. The molecule has 4 aliphatic carbocycles. The van der Waals surface area contributed by atoms with Gasteiger partial charge in [0.05, 0.1) is 5.56 Å². The number of rotatable bonds is 7. The number of ether oxygens (including phenoxy) is 2. The molecule has 0 aromatic heterocycles. The van der Waals surface area contributed by atoms with Crippen molar-refractivity contribution < 1.29 is 19.4 Å². The van der Waals surface area contributed by atoms with Crippen LogP contribution in [0.5, 0.6) is 0 Å². The molecule has 0 heterocycles. The van der Waals surface area contributed by atoms with E-state index in [9.17, 15) is 4.79 Å². The van der Waals surface area contributed by atoms with Crippen LogP contribution in [0.15, 0.2) is 42.5 Å². The van der Waals surface area contributed by atoms with Crippen molar-refractivity contribution in [3.63, 3.8) is 0 Å². The van der Waals surface area contributed by atoms with Gasteiger partial charge >= 0.3 is 5.97 Å². The highest BCUT2D eigenvalue weighted by Gasteiger charge is 2.52. The minimum atomic E-state index is -0.920. The van der Waals surface area contributed by atoms with E-state index in [0.29, 0.717) is 6.61 Å². The summed E-state index contributed by atoms with van der Waals surface area (Å²) in [6, 6.07) is 13.4. The molecule has 0 saturated heterocycles. The maximum Gasteiger partial charge on any atom is 0.335 e. The summed E-state index contributed by atoms with van der Waals surface area (Å²) in [5.74, 6) is 8.25. The molecule has 4 bridgehead atoms. The highest BCUT2D eigenvalue weighted by molar-refractivity contribution is 5.87. The lowest BCUT2D eigenvalue weighted by Crippen LogP contribution is -2.49. The molecule has 0 spiro atoms. The van der Waals surface area contributed by atoms with Crippen LogP contribution in [-0.4, -0.2) is 31.1 Å². The zero-order chi connectivity index (χ0) is 23.7. The Balaban J connectivity index is 1.49. The number of hydrogen-bond acceptors (Lipinski definition) is 3. The quantitative estimate of drug-likeness (QED) is 0.421. The van der Waals surface area contributed by atoms with Crippen molar-refractivity contribution >= 4 is 5.97 Å². The molecule has 4 saturated carbocycles. The molecule has 0 aliphatic heterocycles. The second kappa shape index (κ2) is 9.56. The first-order valence-corrected chi connectivity index (χ1v) is 12.6. The molecule has 1 N–H and O–H groups in total. The van der Waals surface area contributed by atoms with E-state index in [1.54, 1.807) is 31.4 Å². The number of aromatic carboxylic acids is 1. The van der Waals surface area contributed by atoms with Gasteiger partial charge in [0.2, 0.25) is 0 Å². The van der Waals surface area contributed by atoms with Crippen LogP contribution < -0.4 is 0 Å². The van der Waals surface area contributed by atoms with E-state index in [1.807, 2.05) is 6.92 Å². The van der Waals surface area contributed by atoms with E-state index in [4.69, 9.17) is 14.6 Å². The topological polar surface area (TPSA) is 55.8 Å². The van der Waals surface area contributed by atoms with Crippen LogP contribution in [0.2, 0.25) is 0 Å². The van der Waals surface area contributed by atoms with Crippen molar-refractivity contribution in [3.05, 3.63) is 70.3 Å². The van der Waals surface area contributed by atoms with E-state index < -0.39 is 5.97 Å². The minimum absolute atomic E-state index is 0.234. The number of benzene rings is 2. The summed E-state index contributed by atoms with van der Waals surface area (Å²) in [6.45, 7) is 2.64. The average molecular weight is 459 g/mol. The van der Waals surface area contributed by atoms with E-state index >= 15 is 0 Å². The Bertz CT molecular complexity index is 1070. The van der Waals surface area contributed by atoms with Crippen LogP contribution in [0.1, 0.15) is 78.1 Å². The first-order chi connectivity index (χ1) is 16.5. The molecule has 4 aliphatic rings. The predicted octanol–water partition coefficient (Wildman–Crippen LogP) is 5.80. The Labute approximate surface area is 202 Å². The van der Waals surface area contributed by atoms with Crippen LogP contribution in [0.25, 0.3) is 0 Å². The fraction of sp³-hybridized carbons (Fsp3) is 0.500. The molecule has 2 aromatic rings. The molecule has 2 aromatic carbocycles. The Kier molecular flexibility index (Phi) is 6.51. The van der Waals surface area contributed by atoms with Crippen LogP contribution in [0.3, 0.4) is 0 Å². The monoisotopic (exact) mass is 458 g/mol. The zero-order valence-electron chi connectivity index (χ0n) is 20.2. The third kappa shape index (κ3) is 4.65. The maximum absolute atomic E-state index is 11.1. The van der Waals surface area contributed by atoms with Gasteiger partial charge in [0.15, 0.2) is 6.29 Å². The summed E-state index contributed by atoms with van der Waals surface area (Å²) in [5.41, 5.74) is 5.17. The molecule has 0 radical (unpaired) electrons. The first kappa shape index (κ1) is 23.1. The lowest BCUT2D eigenvalue weighted by atomic mass is 9.47. The standard InChI is InChI=1S/C30H34O4/c1-3-34-28(33-2)16-26-11-8-21(5-4-20-6-9-25(10-7-20)29(31)32)15-27(26)30-17-22-12-23(18-30)14-24(13-22)19-30/h6-11,15,22-24,28H,3,12-14,16-19H2,1-2H3,(H,31,32). The number of hydrogen-bond donors (Lipinski definition) is 1. The number of carbonyl (C=O) groups is 1. The molecule has 6 rings (SSSR count). The van der Waals surface area contributed by atoms with Crippen LogP contribution in [0, 0.1) is 29.6 Å². The fourth-order valence-electron chi connectivity index (χ4n) is 7.18. The summed E-state index contributed by atoms with van der Waals surface area (Å²) in [4.78, 5) is 11.1. The molecule has 34 heavy (non-hydrogen) atoms. The van der Waals surface area contributed by atoms with Gasteiger partial charge in [-0.1, -0.05) is 17.9 Å². The molecule has 0 amide bonds. The van der Waals surface area contributed by atoms with E-state index in [0.717, 1.165) is 35.3 Å². The van der Waals surface area contributed by atoms with Crippen molar-refractivity contribution in [2.75, 3.05) is 13.7 Å². The molecular formula is C30H34O4. The summed E-state index contributed by atoms with van der Waals surface area (Å²) in [6.07, 6.45) is 8.66. The van der Waals surface area contributed by atoms with Gasteiger partial charge in [0, 0.05) is 31.3 Å². The van der Waals surface area contributed by atoms with Gasteiger partial charge in [0.1, 0.15) is 0 Å². The van der Waals surface area contributed by atoms with Crippen LogP contribution in [-0.2, 0) is 21.3 Å². The first-order valence-electron chi connectivity index (χ1n) is 12.6. The fourth-order valence-corrected chi connectivity index (χ4v) is 7.18. The zero-order valence-corrected chi connectivity index (χ0v) is 20.2. The number of carboxylic acid groups (broad SMARTS) is 1. The van der Waals surface area contributed by atoms with Crippen LogP contribution >= 0.6 is 0 Å². The average Bonchev–Trinajstić information content (AvgIpc) is 2.82. The molecule has 4 heteroatoms. The van der Waals surface area contributed by atoms with Gasteiger partial charge in [-0.3, -0.25) is 0 Å². The third-order valence-corrected chi connectivity index (χ3v) is 8.20. The largest absolute Gasteiger partial charge is 0.478 e. The molecule has 178 valence electrons. The van der Waals surface area contributed by atoms with E-state index in [2.05, 4.69) is 30.0 Å². The van der Waals surface area contributed by atoms with Crippen molar-refractivity contribution in [2.24, 2.45) is 17.8 Å². The summed E-state index contributed by atoms with van der Waals surface area (Å²) >= 11 is 0.